The Morgan fingerprint density at radius 1 is 1.07 bits per heavy atom. The number of alkyl halides is 3. The van der Waals surface area contributed by atoms with Crippen molar-refractivity contribution < 1.29 is 46.7 Å². The molecule has 0 radical (unpaired) electrons. The van der Waals surface area contributed by atoms with Crippen LogP contribution in [0.1, 0.15) is 42.3 Å². The van der Waals surface area contributed by atoms with Gasteiger partial charge < -0.3 is 29.4 Å². The molecule has 4 rings (SSSR count). The number of aryl methyl sites for hydroxylation is 2. The molecule has 0 spiro atoms. The summed E-state index contributed by atoms with van der Waals surface area (Å²) in [4.78, 5) is 61.6. The van der Waals surface area contributed by atoms with Crippen molar-refractivity contribution in [2.75, 3.05) is 39.4 Å². The highest BCUT2D eigenvalue weighted by Crippen LogP contribution is 2.37. The van der Waals surface area contributed by atoms with Gasteiger partial charge in [0, 0.05) is 37.6 Å². The van der Waals surface area contributed by atoms with E-state index in [-0.39, 0.29) is 19.5 Å². The maximum absolute atomic E-state index is 13.8. The molecule has 3 heterocycles. The molecule has 2 aliphatic heterocycles. The molecule has 0 aliphatic carbocycles. The maximum Gasteiger partial charge on any atom is 0.493 e. The Morgan fingerprint density at radius 3 is 2.33 bits per heavy atom. The number of carbonyl (C=O) groups excluding carboxylic acids is 4. The van der Waals surface area contributed by atoms with E-state index in [1.54, 1.807) is 31.2 Å². The first kappa shape index (κ1) is 33.5. The van der Waals surface area contributed by atoms with Crippen molar-refractivity contribution in [3.63, 3.8) is 0 Å². The van der Waals surface area contributed by atoms with Crippen LogP contribution in [0, 0.1) is 13.8 Å². The number of hydrogen-bond donors (Lipinski definition) is 2. The van der Waals surface area contributed by atoms with E-state index in [4.69, 9.17) is 9.47 Å². The predicted molar refractivity (Wildman–Crippen MR) is 153 cm³/mol. The normalized spacial score (nSPS) is 19.2. The predicted octanol–water partition coefficient (Wildman–Crippen LogP) is 2.70. The van der Waals surface area contributed by atoms with Crippen LogP contribution in [0.25, 0.3) is 0 Å². The first-order valence-electron chi connectivity index (χ1n) is 14.4. The Morgan fingerprint density at radius 2 is 1.71 bits per heavy atom. The molecule has 2 aromatic rings. The van der Waals surface area contributed by atoms with Gasteiger partial charge in [0.2, 0.25) is 5.91 Å². The number of morpholine rings is 1. The number of likely N-dealkylation sites (tertiary alicyclic amines) is 1. The molecule has 45 heavy (non-hydrogen) atoms. The topological polar surface area (TPSA) is 139 Å². The molecular formula is C30H36F3N5O7. The molecule has 1 aromatic heterocycles. The summed E-state index contributed by atoms with van der Waals surface area (Å²) in [6, 6.07) is 9.09. The molecule has 1 aromatic carbocycles. The summed E-state index contributed by atoms with van der Waals surface area (Å²) in [5, 5.41) is 2.66. The van der Waals surface area contributed by atoms with Gasteiger partial charge >= 0.3 is 18.2 Å². The molecule has 15 heteroatoms. The molecule has 0 bridgehead atoms. The molecule has 2 atom stereocenters. The second kappa shape index (κ2) is 14.1. The van der Waals surface area contributed by atoms with Crippen molar-refractivity contribution in [1.29, 1.82) is 0 Å². The minimum atomic E-state index is -5.33. The summed E-state index contributed by atoms with van der Waals surface area (Å²) < 4.78 is 49.1. The average molecular weight is 636 g/mol. The van der Waals surface area contributed by atoms with Crippen LogP contribution in [-0.4, -0.2) is 90.2 Å². The number of pyridine rings is 1. The molecule has 2 fully saturated rings. The standard InChI is InChI=1S/C30H36F3N5O7/c1-19-16-21(17-20(2)35-19)18-44-23-6-4-22(5-7-23)29(3)9-11-38(26(29)40)24(25(39)36-45-27(41)30(31,32)33)8-10-34-28(42)37-12-14-43-15-13-37/h4-7,16-17,24H,8-15,18H2,1-3H3,(H,34,42)(H,36,39). The van der Waals surface area contributed by atoms with Gasteiger partial charge in [-0.05, 0) is 69.0 Å². The third-order valence-corrected chi connectivity index (χ3v) is 7.77. The minimum Gasteiger partial charge on any atom is -0.489 e. The fourth-order valence-electron chi connectivity index (χ4n) is 5.37. The van der Waals surface area contributed by atoms with Gasteiger partial charge in [-0.25, -0.2) is 9.59 Å². The summed E-state index contributed by atoms with van der Waals surface area (Å²) in [7, 11) is 0. The van der Waals surface area contributed by atoms with Gasteiger partial charge in [0.15, 0.2) is 0 Å². The lowest BCUT2D eigenvalue weighted by atomic mass is 9.81. The number of urea groups is 1. The van der Waals surface area contributed by atoms with Gasteiger partial charge in [0.1, 0.15) is 18.4 Å². The number of ether oxygens (including phenoxy) is 2. The highest BCUT2D eigenvalue weighted by atomic mass is 19.4. The first-order valence-corrected chi connectivity index (χ1v) is 14.4. The van der Waals surface area contributed by atoms with E-state index in [9.17, 15) is 32.3 Å². The lowest BCUT2D eigenvalue weighted by molar-refractivity contribution is -0.208. The zero-order chi connectivity index (χ0) is 32.8. The second-order valence-corrected chi connectivity index (χ2v) is 11.1. The Bertz CT molecular complexity index is 1380. The monoisotopic (exact) mass is 635 g/mol. The molecular weight excluding hydrogens is 599 g/mol. The van der Waals surface area contributed by atoms with Crippen LogP contribution in [0.2, 0.25) is 0 Å². The summed E-state index contributed by atoms with van der Waals surface area (Å²) in [5.41, 5.74) is 3.85. The highest BCUT2D eigenvalue weighted by molar-refractivity contribution is 5.94. The first-order chi connectivity index (χ1) is 21.3. The van der Waals surface area contributed by atoms with Crippen LogP contribution in [0.4, 0.5) is 18.0 Å². The van der Waals surface area contributed by atoms with Crippen molar-refractivity contribution in [3.8, 4) is 5.75 Å². The molecule has 12 nitrogen and oxygen atoms in total. The zero-order valence-electron chi connectivity index (χ0n) is 25.2. The van der Waals surface area contributed by atoms with Gasteiger partial charge in [-0.3, -0.25) is 14.6 Å². The number of rotatable bonds is 9. The minimum absolute atomic E-state index is 0.0788. The molecule has 0 saturated carbocycles. The second-order valence-electron chi connectivity index (χ2n) is 11.1. The largest absolute Gasteiger partial charge is 0.493 e. The number of hydroxylamine groups is 1. The van der Waals surface area contributed by atoms with Gasteiger partial charge in [0.05, 0.1) is 18.6 Å². The van der Waals surface area contributed by atoms with Gasteiger partial charge in [-0.2, -0.15) is 18.7 Å². The van der Waals surface area contributed by atoms with Crippen molar-refractivity contribution >= 4 is 23.8 Å². The number of halogens is 3. The summed E-state index contributed by atoms with van der Waals surface area (Å²) in [5.74, 6) is -3.60. The number of amides is 4. The van der Waals surface area contributed by atoms with E-state index in [1.165, 1.54) is 15.3 Å². The number of nitrogens with zero attached hydrogens (tertiary/aromatic N) is 3. The maximum atomic E-state index is 13.8. The van der Waals surface area contributed by atoms with Crippen molar-refractivity contribution in [2.45, 2.75) is 57.9 Å². The third kappa shape index (κ3) is 8.41. The summed E-state index contributed by atoms with van der Waals surface area (Å²) in [6.07, 6.45) is -5.18. The van der Waals surface area contributed by atoms with Crippen LogP contribution in [0.5, 0.6) is 5.75 Å². The van der Waals surface area contributed by atoms with E-state index >= 15 is 0 Å². The lowest BCUT2D eigenvalue weighted by Crippen LogP contribution is -2.52. The van der Waals surface area contributed by atoms with Crippen LogP contribution in [0.15, 0.2) is 36.4 Å². The Kier molecular flexibility index (Phi) is 10.5. The fourth-order valence-corrected chi connectivity index (χ4v) is 5.37. The summed E-state index contributed by atoms with van der Waals surface area (Å²) >= 11 is 0. The SMILES string of the molecule is Cc1cc(COc2ccc(C3(C)CCN(C(CCNC(=O)N4CCOCC4)C(=O)NOC(=O)C(F)(F)F)C3=O)cc2)cc(C)n1. The smallest absolute Gasteiger partial charge is 0.489 e. The van der Waals surface area contributed by atoms with Crippen LogP contribution >= 0.6 is 0 Å². The van der Waals surface area contributed by atoms with Crippen LogP contribution in [0.3, 0.4) is 0 Å². The van der Waals surface area contributed by atoms with E-state index in [1.807, 2.05) is 26.0 Å². The molecule has 2 saturated heterocycles. The summed E-state index contributed by atoms with van der Waals surface area (Å²) in [6.45, 7) is 7.36. The molecule has 2 unspecified atom stereocenters. The Labute approximate surface area is 258 Å². The van der Waals surface area contributed by atoms with E-state index in [0.29, 0.717) is 50.6 Å². The lowest BCUT2D eigenvalue weighted by Gasteiger charge is -2.30. The average Bonchev–Trinajstić information content (AvgIpc) is 3.30. The molecule has 244 valence electrons. The number of benzene rings is 1. The third-order valence-electron chi connectivity index (χ3n) is 7.77. The van der Waals surface area contributed by atoms with E-state index in [0.717, 1.165) is 17.0 Å². The van der Waals surface area contributed by atoms with Gasteiger partial charge in [-0.1, -0.05) is 12.1 Å². The van der Waals surface area contributed by atoms with Crippen LogP contribution < -0.4 is 15.5 Å². The number of aromatic nitrogens is 1. The quantitative estimate of drug-likeness (QED) is 0.401. The number of hydrogen-bond acceptors (Lipinski definition) is 8. The molecule has 4 amide bonds. The van der Waals surface area contributed by atoms with Crippen LogP contribution in [-0.2, 0) is 36.0 Å². The van der Waals surface area contributed by atoms with Gasteiger partial charge in [0.25, 0.3) is 5.91 Å². The van der Waals surface area contributed by atoms with Crippen molar-refractivity contribution in [2.24, 2.45) is 0 Å². The van der Waals surface area contributed by atoms with Crippen molar-refractivity contribution in [1.82, 2.24) is 25.6 Å². The van der Waals surface area contributed by atoms with E-state index in [2.05, 4.69) is 15.1 Å². The molecule has 2 aliphatic rings. The number of nitrogens with one attached hydrogen (secondary N) is 2. The number of carbonyl (C=O) groups is 4. The molecule has 2 N–H and O–H groups in total. The van der Waals surface area contributed by atoms with Crippen molar-refractivity contribution in [3.05, 3.63) is 58.9 Å². The van der Waals surface area contributed by atoms with Gasteiger partial charge in [-0.15, -0.1) is 0 Å². The zero-order valence-corrected chi connectivity index (χ0v) is 25.2. The Balaban J connectivity index is 1.43. The van der Waals surface area contributed by atoms with E-state index < -0.39 is 41.4 Å². The Hall–Kier alpha value is -4.40. The fraction of sp³-hybridized carbons (Fsp3) is 0.500. The highest BCUT2D eigenvalue weighted by Gasteiger charge is 2.48.